The first-order valence-corrected chi connectivity index (χ1v) is 8.80. The summed E-state index contributed by atoms with van der Waals surface area (Å²) in [5.74, 6) is -0.915. The van der Waals surface area contributed by atoms with Gasteiger partial charge in [-0.25, -0.2) is 4.79 Å². The molecule has 1 aliphatic carbocycles. The minimum atomic E-state index is -0.610. The van der Waals surface area contributed by atoms with E-state index in [0.717, 1.165) is 23.7 Å². The second-order valence-corrected chi connectivity index (χ2v) is 6.73. The van der Waals surface area contributed by atoms with Crippen molar-refractivity contribution in [1.82, 2.24) is 5.32 Å². The molecule has 0 radical (unpaired) electrons. The Balaban J connectivity index is 1.72. The minimum absolute atomic E-state index is 0.237. The molecule has 0 unspecified atom stereocenters. The lowest BCUT2D eigenvalue weighted by molar-refractivity contribution is -0.124. The summed E-state index contributed by atoms with van der Waals surface area (Å²) >= 11 is 9.21. The number of ether oxygens (including phenoxy) is 1. The van der Waals surface area contributed by atoms with Gasteiger partial charge in [-0.2, -0.15) is 0 Å². The molecule has 0 fully saturated rings. The molecule has 0 heterocycles. The van der Waals surface area contributed by atoms with Crippen LogP contribution < -0.4 is 5.32 Å². The van der Waals surface area contributed by atoms with Gasteiger partial charge in [0, 0.05) is 11.0 Å². The SMILES string of the molecule is O=C(COC(=O)c1cc(Br)ccc1Cl)NCCC1=CCCCC1. The predicted octanol–water partition coefficient (Wildman–Crippen LogP) is 4.27. The Hall–Kier alpha value is -1.33. The van der Waals surface area contributed by atoms with Gasteiger partial charge < -0.3 is 10.1 Å². The largest absolute Gasteiger partial charge is 0.452 e. The molecule has 124 valence electrons. The standard InChI is InChI=1S/C17H19BrClNO3/c18-13-6-7-15(19)14(10-13)17(22)23-11-16(21)20-9-8-12-4-2-1-3-5-12/h4,6-7,10H,1-3,5,8-9,11H2,(H,20,21). The maximum atomic E-state index is 11.9. The Morgan fingerprint density at radius 2 is 2.13 bits per heavy atom. The van der Waals surface area contributed by atoms with Crippen LogP contribution in [0.5, 0.6) is 0 Å². The van der Waals surface area contributed by atoms with E-state index in [1.807, 2.05) is 0 Å². The molecule has 4 nitrogen and oxygen atoms in total. The molecule has 0 aromatic heterocycles. The number of rotatable bonds is 6. The summed E-state index contributed by atoms with van der Waals surface area (Å²) in [5.41, 5.74) is 1.63. The summed E-state index contributed by atoms with van der Waals surface area (Å²) in [7, 11) is 0. The van der Waals surface area contributed by atoms with Gasteiger partial charge in [0.2, 0.25) is 0 Å². The molecule has 2 rings (SSSR count). The van der Waals surface area contributed by atoms with E-state index in [9.17, 15) is 9.59 Å². The Bertz CT molecular complexity index is 616. The van der Waals surface area contributed by atoms with E-state index in [-0.39, 0.29) is 18.1 Å². The first-order chi connectivity index (χ1) is 11.1. The normalized spacial score (nSPS) is 14.1. The fourth-order valence-corrected chi connectivity index (χ4v) is 2.96. The highest BCUT2D eigenvalue weighted by atomic mass is 79.9. The van der Waals surface area contributed by atoms with Crippen molar-refractivity contribution in [3.8, 4) is 0 Å². The minimum Gasteiger partial charge on any atom is -0.452 e. The third-order valence-corrected chi connectivity index (χ3v) is 4.46. The molecule has 0 atom stereocenters. The fourth-order valence-electron chi connectivity index (χ4n) is 2.41. The van der Waals surface area contributed by atoms with Gasteiger partial charge >= 0.3 is 5.97 Å². The summed E-state index contributed by atoms with van der Waals surface area (Å²) in [6.07, 6.45) is 7.84. The average Bonchev–Trinajstić information content (AvgIpc) is 2.56. The highest BCUT2D eigenvalue weighted by Gasteiger charge is 2.14. The molecular weight excluding hydrogens is 382 g/mol. The molecule has 1 aliphatic rings. The number of halogens is 2. The number of esters is 1. The van der Waals surface area contributed by atoms with Crippen LogP contribution in [0, 0.1) is 0 Å². The second kappa shape index (κ2) is 9.08. The van der Waals surface area contributed by atoms with Crippen LogP contribution in [0.4, 0.5) is 0 Å². The highest BCUT2D eigenvalue weighted by molar-refractivity contribution is 9.10. The number of hydrogen-bond donors (Lipinski definition) is 1. The number of hydrogen-bond acceptors (Lipinski definition) is 3. The van der Waals surface area contributed by atoms with E-state index < -0.39 is 5.97 Å². The van der Waals surface area contributed by atoms with Crippen LogP contribution in [0.3, 0.4) is 0 Å². The monoisotopic (exact) mass is 399 g/mol. The van der Waals surface area contributed by atoms with Crippen molar-refractivity contribution in [1.29, 1.82) is 0 Å². The molecule has 0 bridgehead atoms. The third-order valence-electron chi connectivity index (χ3n) is 3.64. The maximum absolute atomic E-state index is 11.9. The summed E-state index contributed by atoms with van der Waals surface area (Å²) in [6, 6.07) is 4.89. The third kappa shape index (κ3) is 5.99. The molecule has 0 saturated heterocycles. The Morgan fingerprint density at radius 3 is 2.87 bits per heavy atom. The van der Waals surface area contributed by atoms with Crippen molar-refractivity contribution < 1.29 is 14.3 Å². The van der Waals surface area contributed by atoms with Gasteiger partial charge in [0.15, 0.2) is 6.61 Å². The molecule has 0 aliphatic heterocycles. The van der Waals surface area contributed by atoms with Crippen LogP contribution in [-0.2, 0) is 9.53 Å². The lowest BCUT2D eigenvalue weighted by atomic mass is 9.97. The molecule has 23 heavy (non-hydrogen) atoms. The van der Waals surface area contributed by atoms with Gasteiger partial charge in [0.05, 0.1) is 10.6 Å². The van der Waals surface area contributed by atoms with Crippen molar-refractivity contribution in [3.63, 3.8) is 0 Å². The molecule has 1 aromatic rings. The average molecular weight is 401 g/mol. The van der Waals surface area contributed by atoms with E-state index in [1.54, 1.807) is 18.2 Å². The van der Waals surface area contributed by atoms with Crippen LogP contribution in [0.15, 0.2) is 34.3 Å². The maximum Gasteiger partial charge on any atom is 0.340 e. The summed E-state index contributed by atoms with van der Waals surface area (Å²) < 4.78 is 5.72. The lowest BCUT2D eigenvalue weighted by Crippen LogP contribution is -2.30. The lowest BCUT2D eigenvalue weighted by Gasteiger charge is -2.13. The fraction of sp³-hybridized carbons (Fsp3) is 0.412. The number of carbonyl (C=O) groups is 2. The van der Waals surface area contributed by atoms with Crippen LogP contribution in [-0.4, -0.2) is 25.0 Å². The first-order valence-electron chi connectivity index (χ1n) is 7.63. The molecule has 0 spiro atoms. The van der Waals surface area contributed by atoms with Gasteiger partial charge in [0.1, 0.15) is 0 Å². The molecule has 0 saturated carbocycles. The Morgan fingerprint density at radius 1 is 1.30 bits per heavy atom. The topological polar surface area (TPSA) is 55.4 Å². The van der Waals surface area contributed by atoms with Gasteiger partial charge in [-0.05, 0) is 50.3 Å². The van der Waals surface area contributed by atoms with E-state index in [4.69, 9.17) is 16.3 Å². The van der Waals surface area contributed by atoms with E-state index >= 15 is 0 Å². The zero-order valence-corrected chi connectivity index (χ0v) is 15.1. The summed E-state index contributed by atoms with van der Waals surface area (Å²) in [5, 5.41) is 3.06. The van der Waals surface area contributed by atoms with Gasteiger partial charge in [0.25, 0.3) is 5.91 Å². The Labute approximate surface area is 149 Å². The zero-order chi connectivity index (χ0) is 16.7. The Kier molecular flexibility index (Phi) is 7.12. The zero-order valence-electron chi connectivity index (χ0n) is 12.7. The van der Waals surface area contributed by atoms with Gasteiger partial charge in [-0.15, -0.1) is 0 Å². The van der Waals surface area contributed by atoms with Crippen molar-refractivity contribution in [2.75, 3.05) is 13.2 Å². The number of nitrogens with one attached hydrogen (secondary N) is 1. The van der Waals surface area contributed by atoms with Crippen LogP contribution in [0.25, 0.3) is 0 Å². The van der Waals surface area contributed by atoms with Crippen molar-refractivity contribution in [3.05, 3.63) is 44.9 Å². The van der Waals surface area contributed by atoms with Crippen LogP contribution >= 0.6 is 27.5 Å². The van der Waals surface area contributed by atoms with Crippen molar-refractivity contribution in [2.45, 2.75) is 32.1 Å². The second-order valence-electron chi connectivity index (χ2n) is 5.41. The highest BCUT2D eigenvalue weighted by Crippen LogP contribution is 2.22. The van der Waals surface area contributed by atoms with Crippen LogP contribution in [0.1, 0.15) is 42.5 Å². The molecular formula is C17H19BrClNO3. The van der Waals surface area contributed by atoms with E-state index in [0.29, 0.717) is 11.6 Å². The number of amides is 1. The first kappa shape index (κ1) is 18.0. The molecule has 1 amide bonds. The number of allylic oxidation sites excluding steroid dienone is 1. The summed E-state index contributed by atoms with van der Waals surface area (Å²) in [6.45, 7) is 0.264. The summed E-state index contributed by atoms with van der Waals surface area (Å²) in [4.78, 5) is 23.6. The molecule has 1 aromatic carbocycles. The smallest absolute Gasteiger partial charge is 0.340 e. The number of carbonyl (C=O) groups excluding carboxylic acids is 2. The van der Waals surface area contributed by atoms with Crippen LogP contribution in [0.2, 0.25) is 5.02 Å². The van der Waals surface area contributed by atoms with E-state index in [2.05, 4.69) is 27.3 Å². The van der Waals surface area contributed by atoms with Crippen molar-refractivity contribution in [2.24, 2.45) is 0 Å². The van der Waals surface area contributed by atoms with Gasteiger partial charge in [-0.3, -0.25) is 4.79 Å². The quantitative estimate of drug-likeness (QED) is 0.573. The molecule has 1 N–H and O–H groups in total. The predicted molar refractivity (Wildman–Crippen MR) is 93.6 cm³/mol. The van der Waals surface area contributed by atoms with E-state index in [1.165, 1.54) is 18.4 Å². The molecule has 6 heteroatoms. The number of benzene rings is 1. The van der Waals surface area contributed by atoms with Gasteiger partial charge in [-0.1, -0.05) is 39.2 Å². The van der Waals surface area contributed by atoms with Crippen molar-refractivity contribution >= 4 is 39.4 Å².